The van der Waals surface area contributed by atoms with E-state index >= 15 is 0 Å². The van der Waals surface area contributed by atoms with Crippen LogP contribution in [0.5, 0.6) is 0 Å². The van der Waals surface area contributed by atoms with E-state index in [9.17, 15) is 0 Å². The monoisotopic (exact) mass is 320 g/mol. The SMILES string of the molecule is Cc1nc(N(C)C(C)CC(C)C)cnc1N(C)C(C)CC(C)C. The van der Waals surface area contributed by atoms with Crippen LogP contribution < -0.4 is 9.80 Å². The van der Waals surface area contributed by atoms with Crippen molar-refractivity contribution >= 4 is 11.6 Å². The fourth-order valence-corrected chi connectivity index (χ4v) is 3.09. The first-order valence-corrected chi connectivity index (χ1v) is 8.92. The highest BCUT2D eigenvalue weighted by molar-refractivity contribution is 5.48. The van der Waals surface area contributed by atoms with Crippen LogP contribution in [0.25, 0.3) is 0 Å². The van der Waals surface area contributed by atoms with E-state index in [4.69, 9.17) is 9.97 Å². The molecule has 132 valence electrons. The summed E-state index contributed by atoms with van der Waals surface area (Å²) in [4.78, 5) is 14.0. The van der Waals surface area contributed by atoms with Crippen molar-refractivity contribution in [2.45, 2.75) is 73.4 Å². The number of anilines is 2. The van der Waals surface area contributed by atoms with Crippen LogP contribution in [0.15, 0.2) is 6.20 Å². The Morgan fingerprint density at radius 3 is 1.78 bits per heavy atom. The fraction of sp³-hybridized carbons (Fsp3) is 0.789. The van der Waals surface area contributed by atoms with E-state index in [0.717, 1.165) is 30.2 Å². The fourth-order valence-electron chi connectivity index (χ4n) is 3.09. The molecule has 1 aromatic rings. The second-order valence-corrected chi connectivity index (χ2v) is 7.82. The first-order chi connectivity index (χ1) is 10.6. The lowest BCUT2D eigenvalue weighted by Gasteiger charge is -2.30. The predicted octanol–water partition coefficient (Wildman–Crippen LogP) is 4.53. The van der Waals surface area contributed by atoms with Crippen LogP contribution in [0.2, 0.25) is 0 Å². The largest absolute Gasteiger partial charge is 0.356 e. The summed E-state index contributed by atoms with van der Waals surface area (Å²) in [7, 11) is 4.23. The molecule has 0 amide bonds. The Balaban J connectivity index is 2.89. The van der Waals surface area contributed by atoms with E-state index in [2.05, 4.69) is 72.4 Å². The van der Waals surface area contributed by atoms with Gasteiger partial charge in [-0.3, -0.25) is 0 Å². The molecule has 4 nitrogen and oxygen atoms in total. The normalized spacial score (nSPS) is 14.2. The van der Waals surface area contributed by atoms with Gasteiger partial charge in [0.15, 0.2) is 0 Å². The molecule has 4 heteroatoms. The van der Waals surface area contributed by atoms with Crippen LogP contribution in [0.1, 0.15) is 60.1 Å². The average Bonchev–Trinajstić information content (AvgIpc) is 2.44. The molecule has 1 heterocycles. The van der Waals surface area contributed by atoms with Crippen molar-refractivity contribution in [2.24, 2.45) is 11.8 Å². The lowest BCUT2D eigenvalue weighted by Crippen LogP contribution is -2.33. The topological polar surface area (TPSA) is 32.3 Å². The maximum atomic E-state index is 4.81. The zero-order chi connectivity index (χ0) is 17.7. The molecule has 0 fully saturated rings. The van der Waals surface area contributed by atoms with Gasteiger partial charge >= 0.3 is 0 Å². The van der Waals surface area contributed by atoms with Crippen molar-refractivity contribution in [3.63, 3.8) is 0 Å². The molecule has 1 rings (SSSR count). The minimum absolute atomic E-state index is 0.464. The standard InChI is InChI=1S/C19H36N4/c1-13(2)10-15(5)22(8)18-12-20-19(17(7)21-18)23(9)16(6)11-14(3)4/h12-16H,10-11H2,1-9H3. The Morgan fingerprint density at radius 1 is 0.870 bits per heavy atom. The predicted molar refractivity (Wildman–Crippen MR) is 101 cm³/mol. The van der Waals surface area contributed by atoms with Crippen LogP contribution in [-0.4, -0.2) is 36.1 Å². The minimum Gasteiger partial charge on any atom is -0.356 e. The third-order valence-electron chi connectivity index (χ3n) is 4.55. The van der Waals surface area contributed by atoms with Crippen LogP contribution in [-0.2, 0) is 0 Å². The van der Waals surface area contributed by atoms with Crippen molar-refractivity contribution < 1.29 is 0 Å². The summed E-state index contributed by atoms with van der Waals surface area (Å²) < 4.78 is 0. The first-order valence-electron chi connectivity index (χ1n) is 8.92. The Hall–Kier alpha value is -1.32. The molecule has 0 N–H and O–H groups in total. The Morgan fingerprint density at radius 2 is 1.35 bits per heavy atom. The highest BCUT2D eigenvalue weighted by Gasteiger charge is 2.18. The van der Waals surface area contributed by atoms with Gasteiger partial charge in [-0.15, -0.1) is 0 Å². The van der Waals surface area contributed by atoms with Gasteiger partial charge in [-0.05, 0) is 45.4 Å². The van der Waals surface area contributed by atoms with Gasteiger partial charge in [0.1, 0.15) is 11.6 Å². The van der Waals surface area contributed by atoms with Crippen LogP contribution in [0.3, 0.4) is 0 Å². The van der Waals surface area contributed by atoms with E-state index in [1.54, 1.807) is 0 Å². The van der Waals surface area contributed by atoms with Crippen molar-refractivity contribution in [1.29, 1.82) is 0 Å². The molecule has 0 aliphatic carbocycles. The number of hydrogen-bond donors (Lipinski definition) is 0. The summed E-state index contributed by atoms with van der Waals surface area (Å²) in [5, 5.41) is 0. The van der Waals surface area contributed by atoms with Gasteiger partial charge in [0, 0.05) is 26.2 Å². The second kappa shape index (κ2) is 8.51. The molecule has 0 aromatic carbocycles. The summed E-state index contributed by atoms with van der Waals surface area (Å²) in [5.74, 6) is 3.32. The Bertz CT molecular complexity index is 484. The molecule has 1 aromatic heterocycles. The molecular weight excluding hydrogens is 284 g/mol. The first kappa shape index (κ1) is 19.7. The van der Waals surface area contributed by atoms with Gasteiger partial charge in [-0.25, -0.2) is 9.97 Å². The summed E-state index contributed by atoms with van der Waals surface area (Å²) in [6.45, 7) is 15.6. The molecule has 0 saturated carbocycles. The second-order valence-electron chi connectivity index (χ2n) is 7.82. The number of nitrogens with zero attached hydrogens (tertiary/aromatic N) is 4. The number of aryl methyl sites for hydroxylation is 1. The van der Waals surface area contributed by atoms with E-state index in [-0.39, 0.29) is 0 Å². The van der Waals surface area contributed by atoms with Crippen LogP contribution in [0.4, 0.5) is 11.6 Å². The maximum Gasteiger partial charge on any atom is 0.150 e. The van der Waals surface area contributed by atoms with E-state index < -0.39 is 0 Å². The molecular formula is C19H36N4. The lowest BCUT2D eigenvalue weighted by molar-refractivity contribution is 0.498. The summed E-state index contributed by atoms with van der Waals surface area (Å²) in [6, 6.07) is 0.929. The maximum absolute atomic E-state index is 4.81. The van der Waals surface area contributed by atoms with Crippen molar-refractivity contribution in [2.75, 3.05) is 23.9 Å². The van der Waals surface area contributed by atoms with Gasteiger partial charge in [-0.1, -0.05) is 27.7 Å². The molecule has 0 radical (unpaired) electrons. The molecule has 0 spiro atoms. The zero-order valence-corrected chi connectivity index (χ0v) is 16.6. The highest BCUT2D eigenvalue weighted by Crippen LogP contribution is 2.23. The Kier molecular flexibility index (Phi) is 7.30. The van der Waals surface area contributed by atoms with Gasteiger partial charge in [0.05, 0.1) is 11.9 Å². The van der Waals surface area contributed by atoms with Crippen molar-refractivity contribution in [3.8, 4) is 0 Å². The summed E-state index contributed by atoms with van der Waals surface area (Å²) in [6.07, 6.45) is 4.23. The van der Waals surface area contributed by atoms with Gasteiger partial charge < -0.3 is 9.80 Å². The van der Waals surface area contributed by atoms with Gasteiger partial charge in [0.2, 0.25) is 0 Å². The highest BCUT2D eigenvalue weighted by atomic mass is 15.2. The summed E-state index contributed by atoms with van der Waals surface area (Å²) in [5.41, 5.74) is 1.00. The lowest BCUT2D eigenvalue weighted by atomic mass is 10.0. The smallest absolute Gasteiger partial charge is 0.150 e. The molecule has 23 heavy (non-hydrogen) atoms. The van der Waals surface area contributed by atoms with E-state index in [0.29, 0.717) is 23.9 Å². The zero-order valence-electron chi connectivity index (χ0n) is 16.6. The number of hydrogen-bond acceptors (Lipinski definition) is 4. The quantitative estimate of drug-likeness (QED) is 0.704. The third kappa shape index (κ3) is 5.67. The average molecular weight is 321 g/mol. The number of rotatable bonds is 8. The van der Waals surface area contributed by atoms with Crippen LogP contribution >= 0.6 is 0 Å². The molecule has 2 atom stereocenters. The summed E-state index contributed by atoms with van der Waals surface area (Å²) >= 11 is 0. The molecule has 0 bridgehead atoms. The molecule has 0 saturated heterocycles. The third-order valence-corrected chi connectivity index (χ3v) is 4.55. The molecule has 0 aliphatic rings. The van der Waals surface area contributed by atoms with Gasteiger partial charge in [-0.2, -0.15) is 0 Å². The van der Waals surface area contributed by atoms with Crippen LogP contribution in [0, 0.1) is 18.8 Å². The van der Waals surface area contributed by atoms with E-state index in [1.165, 1.54) is 0 Å². The molecule has 2 unspecified atom stereocenters. The van der Waals surface area contributed by atoms with E-state index in [1.807, 2.05) is 6.20 Å². The van der Waals surface area contributed by atoms with Gasteiger partial charge in [0.25, 0.3) is 0 Å². The van der Waals surface area contributed by atoms with Crippen molar-refractivity contribution in [3.05, 3.63) is 11.9 Å². The Labute approximate surface area is 143 Å². The minimum atomic E-state index is 0.464. The van der Waals surface area contributed by atoms with Crippen molar-refractivity contribution in [1.82, 2.24) is 9.97 Å². The number of aromatic nitrogens is 2. The molecule has 0 aliphatic heterocycles.